The van der Waals surface area contributed by atoms with E-state index in [4.69, 9.17) is 4.74 Å². The molecule has 0 N–H and O–H groups in total. The van der Waals surface area contributed by atoms with Gasteiger partial charge in [0.25, 0.3) is 0 Å². The van der Waals surface area contributed by atoms with Crippen molar-refractivity contribution in [3.8, 4) is 0 Å². The molecule has 1 atom stereocenters. The molecule has 28 heavy (non-hydrogen) atoms. The normalized spacial score (nSPS) is 14.0. The number of hydrogen-bond donors (Lipinski definition) is 0. The second-order valence-corrected chi connectivity index (χ2v) is 6.56. The summed E-state index contributed by atoms with van der Waals surface area (Å²) < 4.78 is 18.7. The largest absolute Gasteiger partial charge is 0.451 e. The molecule has 6 heteroatoms. The number of carbonyl (C=O) groups excluding carboxylic acids is 3. The van der Waals surface area contributed by atoms with E-state index in [1.54, 1.807) is 35.2 Å². The average molecular weight is 381 g/mol. The highest BCUT2D eigenvalue weighted by Crippen LogP contribution is 2.29. The maximum absolute atomic E-state index is 13.6. The Morgan fingerprint density at radius 3 is 2.64 bits per heavy atom. The Morgan fingerprint density at radius 2 is 1.93 bits per heavy atom. The van der Waals surface area contributed by atoms with Crippen LogP contribution in [0.1, 0.15) is 35.3 Å². The number of Topliss-reactive ketones (excluding diaryl/α,β-unsaturated/α-hetero) is 1. The molecule has 1 heterocycles. The molecule has 0 saturated heterocycles. The summed E-state index contributed by atoms with van der Waals surface area (Å²) in [7, 11) is 0. The van der Waals surface area contributed by atoms with Gasteiger partial charge in [-0.25, -0.2) is 9.18 Å². The van der Waals surface area contributed by atoms with Gasteiger partial charge in [0, 0.05) is 36.4 Å². The van der Waals surface area contributed by atoms with Crippen LogP contribution in [0.5, 0.6) is 0 Å². The van der Waals surface area contributed by atoms with Gasteiger partial charge in [0.15, 0.2) is 6.10 Å². The van der Waals surface area contributed by atoms with Gasteiger partial charge in [0.05, 0.1) is 0 Å². The molecule has 0 radical (unpaired) electrons. The molecule has 0 saturated carbocycles. The predicted molar refractivity (Wildman–Crippen MR) is 103 cm³/mol. The molecule has 1 amide bonds. The van der Waals surface area contributed by atoms with E-state index in [1.807, 2.05) is 0 Å². The van der Waals surface area contributed by atoms with Crippen LogP contribution in [0, 0.1) is 5.82 Å². The van der Waals surface area contributed by atoms with Gasteiger partial charge in [-0.15, -0.1) is 0 Å². The number of anilines is 1. The summed E-state index contributed by atoms with van der Waals surface area (Å²) >= 11 is 0. The van der Waals surface area contributed by atoms with Gasteiger partial charge in [-0.05, 0) is 49.2 Å². The summed E-state index contributed by atoms with van der Waals surface area (Å²) in [6.07, 6.45) is 2.09. The van der Waals surface area contributed by atoms with Crippen LogP contribution in [-0.4, -0.2) is 30.3 Å². The number of hydrogen-bond acceptors (Lipinski definition) is 4. The molecule has 1 unspecified atom stereocenters. The fourth-order valence-electron chi connectivity index (χ4n) is 3.15. The van der Waals surface area contributed by atoms with Gasteiger partial charge in [-0.3, -0.25) is 9.59 Å². The van der Waals surface area contributed by atoms with Gasteiger partial charge < -0.3 is 9.64 Å². The lowest BCUT2D eigenvalue weighted by Gasteiger charge is -2.15. The highest BCUT2D eigenvalue weighted by molar-refractivity contribution is 6.02. The summed E-state index contributed by atoms with van der Waals surface area (Å²) in [5.41, 5.74) is 2.40. The average Bonchev–Trinajstić information content (AvgIpc) is 3.10. The number of amides is 1. The fourth-order valence-corrected chi connectivity index (χ4v) is 3.15. The van der Waals surface area contributed by atoms with Gasteiger partial charge in [-0.2, -0.15) is 0 Å². The Kier molecular flexibility index (Phi) is 5.68. The van der Waals surface area contributed by atoms with E-state index in [1.165, 1.54) is 32.1 Å². The molecule has 0 aromatic heterocycles. The smallest absolute Gasteiger partial charge is 0.331 e. The fraction of sp³-hybridized carbons (Fsp3) is 0.227. The van der Waals surface area contributed by atoms with E-state index in [0.717, 1.165) is 17.3 Å². The van der Waals surface area contributed by atoms with E-state index >= 15 is 0 Å². The first-order valence-electron chi connectivity index (χ1n) is 8.95. The summed E-state index contributed by atoms with van der Waals surface area (Å²) in [4.78, 5) is 37.8. The SMILES string of the molecule is CC(=O)N1CCc2cc(C(=O)C(C)OC(=O)/C=C/c3ccccc3F)ccc21. The van der Waals surface area contributed by atoms with Crippen LogP contribution in [-0.2, 0) is 20.7 Å². The third-order valence-electron chi connectivity index (χ3n) is 4.61. The number of fused-ring (bicyclic) bond motifs is 1. The number of esters is 1. The van der Waals surface area contributed by atoms with Crippen molar-refractivity contribution in [3.05, 3.63) is 71.0 Å². The predicted octanol–water partition coefficient (Wildman–Crippen LogP) is 3.56. The quantitative estimate of drug-likeness (QED) is 0.451. The minimum absolute atomic E-state index is 0.0400. The van der Waals surface area contributed by atoms with Crippen LogP contribution in [0.25, 0.3) is 6.08 Å². The van der Waals surface area contributed by atoms with Crippen LogP contribution >= 0.6 is 0 Å². The lowest BCUT2D eigenvalue weighted by Crippen LogP contribution is -2.26. The number of ether oxygens (including phenoxy) is 1. The van der Waals surface area contributed by atoms with Crippen molar-refractivity contribution < 1.29 is 23.5 Å². The molecule has 5 nitrogen and oxygen atoms in total. The molecular weight excluding hydrogens is 361 g/mol. The second kappa shape index (κ2) is 8.17. The van der Waals surface area contributed by atoms with Gasteiger partial charge in [-0.1, -0.05) is 18.2 Å². The molecule has 1 aliphatic rings. The Morgan fingerprint density at radius 1 is 1.18 bits per heavy atom. The van der Waals surface area contributed by atoms with Crippen molar-refractivity contribution in [1.82, 2.24) is 0 Å². The van der Waals surface area contributed by atoms with Crippen LogP contribution in [0.15, 0.2) is 48.5 Å². The topological polar surface area (TPSA) is 63.7 Å². The highest BCUT2D eigenvalue weighted by atomic mass is 19.1. The van der Waals surface area contributed by atoms with E-state index in [-0.39, 0.29) is 17.3 Å². The van der Waals surface area contributed by atoms with E-state index in [9.17, 15) is 18.8 Å². The molecule has 2 aromatic carbocycles. The number of carbonyl (C=O) groups is 3. The Balaban J connectivity index is 1.66. The first-order chi connectivity index (χ1) is 13.4. The molecule has 0 spiro atoms. The van der Waals surface area contributed by atoms with Gasteiger partial charge in [0.1, 0.15) is 5.82 Å². The zero-order valence-corrected chi connectivity index (χ0v) is 15.6. The van der Waals surface area contributed by atoms with Gasteiger partial charge in [0.2, 0.25) is 11.7 Å². The van der Waals surface area contributed by atoms with E-state index in [0.29, 0.717) is 18.5 Å². The van der Waals surface area contributed by atoms with E-state index in [2.05, 4.69) is 0 Å². The van der Waals surface area contributed by atoms with Crippen LogP contribution in [0.2, 0.25) is 0 Å². The third-order valence-corrected chi connectivity index (χ3v) is 4.61. The molecule has 0 bridgehead atoms. The third kappa shape index (κ3) is 4.17. The first kappa shape index (κ1) is 19.5. The van der Waals surface area contributed by atoms with Crippen molar-refractivity contribution in [2.24, 2.45) is 0 Å². The minimum atomic E-state index is -0.985. The summed E-state index contributed by atoms with van der Waals surface area (Å²) in [6.45, 7) is 3.59. The maximum atomic E-state index is 13.6. The van der Waals surface area contributed by atoms with Crippen molar-refractivity contribution >= 4 is 29.4 Å². The molecule has 0 fully saturated rings. The zero-order chi connectivity index (χ0) is 20.3. The minimum Gasteiger partial charge on any atom is -0.451 e. The summed E-state index contributed by atoms with van der Waals surface area (Å²) in [6, 6.07) is 11.1. The standard InChI is InChI=1S/C22H20FNO4/c1-14(28-21(26)10-8-16-5-3-4-6-19(16)23)22(27)18-7-9-20-17(13-18)11-12-24(20)15(2)25/h3-10,13-14H,11-12H2,1-2H3/b10-8+. The number of benzene rings is 2. The molecular formula is C22H20FNO4. The number of halogens is 1. The van der Waals surface area contributed by atoms with E-state index < -0.39 is 17.9 Å². The van der Waals surface area contributed by atoms with Crippen LogP contribution in [0.3, 0.4) is 0 Å². The number of ketones is 1. The lowest BCUT2D eigenvalue weighted by atomic mass is 10.0. The molecule has 2 aromatic rings. The Labute approximate surface area is 162 Å². The first-order valence-corrected chi connectivity index (χ1v) is 8.95. The maximum Gasteiger partial charge on any atom is 0.331 e. The van der Waals surface area contributed by atoms with Gasteiger partial charge >= 0.3 is 5.97 Å². The second-order valence-electron chi connectivity index (χ2n) is 6.56. The van der Waals surface area contributed by atoms with Crippen LogP contribution < -0.4 is 4.90 Å². The molecule has 3 rings (SSSR count). The van der Waals surface area contributed by atoms with Crippen LogP contribution in [0.4, 0.5) is 10.1 Å². The monoisotopic (exact) mass is 381 g/mol. The zero-order valence-electron chi connectivity index (χ0n) is 15.6. The van der Waals surface area contributed by atoms with Crippen molar-refractivity contribution in [2.75, 3.05) is 11.4 Å². The molecule has 0 aliphatic carbocycles. The lowest BCUT2D eigenvalue weighted by molar-refractivity contribution is -0.140. The number of nitrogens with zero attached hydrogens (tertiary/aromatic N) is 1. The Bertz CT molecular complexity index is 967. The summed E-state index contributed by atoms with van der Waals surface area (Å²) in [5, 5.41) is 0. The number of rotatable bonds is 5. The summed E-state index contributed by atoms with van der Waals surface area (Å²) in [5.74, 6) is -1.56. The van der Waals surface area contributed by atoms with Crippen molar-refractivity contribution in [3.63, 3.8) is 0 Å². The molecule has 144 valence electrons. The highest BCUT2D eigenvalue weighted by Gasteiger charge is 2.25. The van der Waals surface area contributed by atoms with Crippen molar-refractivity contribution in [1.29, 1.82) is 0 Å². The molecule has 1 aliphatic heterocycles. The van der Waals surface area contributed by atoms with Crippen molar-refractivity contribution in [2.45, 2.75) is 26.4 Å². The Hall–Kier alpha value is -3.28.